The van der Waals surface area contributed by atoms with Crippen molar-refractivity contribution >= 4 is 17.6 Å². The lowest BCUT2D eigenvalue weighted by Gasteiger charge is -2.39. The molecule has 0 amide bonds. The molecule has 2 N–H and O–H groups in total. The van der Waals surface area contributed by atoms with Crippen molar-refractivity contribution in [3.05, 3.63) is 70.7 Å². The van der Waals surface area contributed by atoms with Crippen LogP contribution in [0, 0.1) is 0 Å². The van der Waals surface area contributed by atoms with E-state index in [4.69, 9.17) is 16.3 Å². The van der Waals surface area contributed by atoms with Crippen molar-refractivity contribution in [2.45, 2.75) is 31.2 Å². The summed E-state index contributed by atoms with van der Waals surface area (Å²) in [6.45, 7) is 4.40. The van der Waals surface area contributed by atoms with Gasteiger partial charge in [0.25, 0.3) is 0 Å². The maximum atomic E-state index is 6.55. The van der Waals surface area contributed by atoms with E-state index in [-0.39, 0.29) is 11.5 Å². The number of rotatable bonds is 5. The summed E-state index contributed by atoms with van der Waals surface area (Å²) < 4.78 is 5.62. The van der Waals surface area contributed by atoms with Gasteiger partial charge in [-0.05, 0) is 37.0 Å². The predicted molar refractivity (Wildman–Crippen MR) is 113 cm³/mol. The van der Waals surface area contributed by atoms with Crippen molar-refractivity contribution in [3.63, 3.8) is 0 Å². The zero-order chi connectivity index (χ0) is 19.1. The van der Waals surface area contributed by atoms with Gasteiger partial charge >= 0.3 is 0 Å². The Hall–Kier alpha value is -2.04. The van der Waals surface area contributed by atoms with Gasteiger partial charge in [-0.15, -0.1) is 0 Å². The van der Waals surface area contributed by atoms with Crippen LogP contribution in [-0.2, 0) is 10.2 Å². The van der Waals surface area contributed by atoms with E-state index in [1.165, 1.54) is 11.1 Å². The first-order valence-corrected chi connectivity index (χ1v) is 9.87. The third-order valence-corrected chi connectivity index (χ3v) is 5.70. The summed E-state index contributed by atoms with van der Waals surface area (Å²) in [5, 5.41) is 7.83. The molecule has 144 valence electrons. The molecule has 1 atom stereocenters. The molecular weight excluding hydrogens is 358 g/mol. The molecule has 2 aromatic rings. The van der Waals surface area contributed by atoms with Crippen LogP contribution in [0.1, 0.15) is 36.9 Å². The fourth-order valence-corrected chi connectivity index (χ4v) is 4.01. The van der Waals surface area contributed by atoms with Gasteiger partial charge in [0.1, 0.15) is 0 Å². The second kappa shape index (κ2) is 9.25. The van der Waals surface area contributed by atoms with Crippen molar-refractivity contribution in [2.75, 3.05) is 26.8 Å². The number of hydrogen-bond acceptors (Lipinski definition) is 2. The summed E-state index contributed by atoms with van der Waals surface area (Å²) >= 11 is 6.55. The molecule has 1 aliphatic rings. The summed E-state index contributed by atoms with van der Waals surface area (Å²) in [5.74, 6) is 0.796. The molecule has 1 aliphatic heterocycles. The first-order chi connectivity index (χ1) is 13.1. The number of benzene rings is 2. The third-order valence-electron chi connectivity index (χ3n) is 5.37. The molecule has 0 radical (unpaired) electrons. The summed E-state index contributed by atoms with van der Waals surface area (Å²) in [6, 6.07) is 18.7. The van der Waals surface area contributed by atoms with Crippen molar-refractivity contribution in [3.8, 4) is 0 Å². The lowest BCUT2D eigenvalue weighted by atomic mass is 9.74. The zero-order valence-corrected chi connectivity index (χ0v) is 16.8. The number of guanidine groups is 1. The Bertz CT molecular complexity index is 757. The Morgan fingerprint density at radius 3 is 2.44 bits per heavy atom. The van der Waals surface area contributed by atoms with Gasteiger partial charge in [-0.1, -0.05) is 60.1 Å². The lowest BCUT2D eigenvalue weighted by molar-refractivity contribution is 0.0514. The van der Waals surface area contributed by atoms with E-state index in [1.807, 2.05) is 18.2 Å². The van der Waals surface area contributed by atoms with Crippen molar-refractivity contribution < 1.29 is 4.74 Å². The SMILES string of the molecule is CN=C(NCC1(c2ccccc2Cl)CCOCC1)NC(C)c1ccccc1. The fraction of sp³-hybridized carbons (Fsp3) is 0.409. The van der Waals surface area contributed by atoms with Gasteiger partial charge in [-0.2, -0.15) is 0 Å². The van der Waals surface area contributed by atoms with Crippen molar-refractivity contribution in [1.82, 2.24) is 10.6 Å². The maximum absolute atomic E-state index is 6.55. The summed E-state index contributed by atoms with van der Waals surface area (Å²) in [5.41, 5.74) is 2.37. The number of hydrogen-bond donors (Lipinski definition) is 2. The summed E-state index contributed by atoms with van der Waals surface area (Å²) in [4.78, 5) is 4.42. The van der Waals surface area contributed by atoms with Crippen LogP contribution >= 0.6 is 11.6 Å². The molecule has 4 nitrogen and oxygen atoms in total. The number of halogens is 1. The van der Waals surface area contributed by atoms with E-state index in [9.17, 15) is 0 Å². The van der Waals surface area contributed by atoms with E-state index < -0.39 is 0 Å². The Balaban J connectivity index is 1.72. The molecule has 0 aliphatic carbocycles. The smallest absolute Gasteiger partial charge is 0.191 e. The molecule has 0 aromatic heterocycles. The van der Waals surface area contributed by atoms with E-state index in [2.05, 4.69) is 58.9 Å². The molecule has 0 spiro atoms. The normalized spacial score (nSPS) is 18.0. The van der Waals surface area contributed by atoms with Gasteiger partial charge in [-0.3, -0.25) is 4.99 Å². The van der Waals surface area contributed by atoms with Crippen LogP contribution in [0.15, 0.2) is 59.6 Å². The predicted octanol–water partition coefficient (Wildman–Crippen LogP) is 4.31. The van der Waals surface area contributed by atoms with Gasteiger partial charge in [0.2, 0.25) is 0 Å². The third kappa shape index (κ3) is 4.82. The molecule has 0 saturated carbocycles. The second-order valence-corrected chi connectivity index (χ2v) is 7.48. The standard InChI is InChI=1S/C22H28ClN3O/c1-17(18-8-4-3-5-9-18)26-21(24-2)25-16-22(12-14-27-15-13-22)19-10-6-7-11-20(19)23/h3-11,17H,12-16H2,1-2H3,(H2,24,25,26). The van der Waals surface area contributed by atoms with Crippen LogP contribution < -0.4 is 10.6 Å². The largest absolute Gasteiger partial charge is 0.381 e. The highest BCUT2D eigenvalue weighted by Crippen LogP contribution is 2.38. The highest BCUT2D eigenvalue weighted by Gasteiger charge is 2.36. The van der Waals surface area contributed by atoms with Crippen LogP contribution in [0.4, 0.5) is 0 Å². The molecule has 1 saturated heterocycles. The molecular formula is C22H28ClN3O. The van der Waals surface area contributed by atoms with Crippen LogP contribution in [0.25, 0.3) is 0 Å². The van der Waals surface area contributed by atoms with Crippen molar-refractivity contribution in [1.29, 1.82) is 0 Å². The quantitative estimate of drug-likeness (QED) is 0.595. The average Bonchev–Trinajstić information content (AvgIpc) is 2.72. The minimum atomic E-state index is -0.0514. The average molecular weight is 386 g/mol. The first-order valence-electron chi connectivity index (χ1n) is 9.49. The summed E-state index contributed by atoms with van der Waals surface area (Å²) in [6.07, 6.45) is 1.88. The van der Waals surface area contributed by atoms with Crippen LogP contribution in [0.2, 0.25) is 5.02 Å². The Kier molecular flexibility index (Phi) is 6.75. The Morgan fingerprint density at radius 2 is 1.78 bits per heavy atom. The molecule has 5 heteroatoms. The van der Waals surface area contributed by atoms with Gasteiger partial charge in [-0.25, -0.2) is 0 Å². The van der Waals surface area contributed by atoms with Crippen LogP contribution in [0.5, 0.6) is 0 Å². The lowest BCUT2D eigenvalue weighted by Crippen LogP contribution is -2.48. The minimum absolute atomic E-state index is 0.0514. The monoisotopic (exact) mass is 385 g/mol. The minimum Gasteiger partial charge on any atom is -0.381 e. The van der Waals surface area contributed by atoms with Crippen LogP contribution in [0.3, 0.4) is 0 Å². The maximum Gasteiger partial charge on any atom is 0.191 e. The summed E-state index contributed by atoms with van der Waals surface area (Å²) in [7, 11) is 1.80. The molecule has 0 bridgehead atoms. The van der Waals surface area contributed by atoms with E-state index >= 15 is 0 Å². The van der Waals surface area contributed by atoms with Gasteiger partial charge < -0.3 is 15.4 Å². The number of nitrogens with one attached hydrogen (secondary N) is 2. The Labute approximate surface area is 167 Å². The molecule has 2 aromatic carbocycles. The van der Waals surface area contributed by atoms with Gasteiger partial charge in [0, 0.05) is 37.2 Å². The molecule has 27 heavy (non-hydrogen) atoms. The number of aliphatic imine (C=N–C) groups is 1. The topological polar surface area (TPSA) is 45.7 Å². The van der Waals surface area contributed by atoms with Crippen LogP contribution in [-0.4, -0.2) is 32.8 Å². The van der Waals surface area contributed by atoms with Gasteiger partial charge in [0.05, 0.1) is 6.04 Å². The molecule has 3 rings (SSSR count). The highest BCUT2D eigenvalue weighted by atomic mass is 35.5. The first kappa shape index (κ1) is 19.7. The van der Waals surface area contributed by atoms with E-state index in [0.717, 1.165) is 43.6 Å². The molecule has 1 heterocycles. The Morgan fingerprint density at radius 1 is 1.11 bits per heavy atom. The molecule has 1 fully saturated rings. The van der Waals surface area contributed by atoms with Gasteiger partial charge in [0.15, 0.2) is 5.96 Å². The fourth-order valence-electron chi connectivity index (χ4n) is 3.67. The number of nitrogens with zero attached hydrogens (tertiary/aromatic N) is 1. The second-order valence-electron chi connectivity index (χ2n) is 7.08. The van der Waals surface area contributed by atoms with E-state index in [1.54, 1.807) is 7.05 Å². The molecule has 1 unspecified atom stereocenters. The van der Waals surface area contributed by atoms with Crippen molar-refractivity contribution in [2.24, 2.45) is 4.99 Å². The van der Waals surface area contributed by atoms with E-state index in [0.29, 0.717) is 0 Å². The highest BCUT2D eigenvalue weighted by molar-refractivity contribution is 6.31. The zero-order valence-electron chi connectivity index (χ0n) is 16.0. The number of ether oxygens (including phenoxy) is 1.